The van der Waals surface area contributed by atoms with Crippen LogP contribution >= 0.6 is 23.2 Å². The molecule has 4 aromatic rings. The van der Waals surface area contributed by atoms with Crippen LogP contribution in [-0.4, -0.2) is 51.0 Å². The van der Waals surface area contributed by atoms with Gasteiger partial charge in [-0.1, -0.05) is 29.3 Å². The van der Waals surface area contributed by atoms with E-state index in [1.807, 2.05) is 18.2 Å². The summed E-state index contributed by atoms with van der Waals surface area (Å²) in [5.41, 5.74) is 9.09. The molecule has 2 aromatic heterocycles. The van der Waals surface area contributed by atoms with Crippen LogP contribution in [0.15, 0.2) is 54.9 Å². The molecular formula is C23H23Cl2N9O. The largest absolute Gasteiger partial charge is 0.378 e. The molecule has 35 heavy (non-hydrogen) atoms. The number of rotatable bonds is 7. The molecule has 0 spiro atoms. The number of aromatic nitrogens is 5. The lowest BCUT2D eigenvalue weighted by Gasteiger charge is -2.28. The Morgan fingerprint density at radius 1 is 0.971 bits per heavy atom. The molecule has 1 fully saturated rings. The summed E-state index contributed by atoms with van der Waals surface area (Å²) in [4.78, 5) is 15.2. The van der Waals surface area contributed by atoms with Crippen LogP contribution in [0.2, 0.25) is 10.0 Å². The number of ether oxygens (including phenoxy) is 1. The first-order valence-corrected chi connectivity index (χ1v) is 11.7. The summed E-state index contributed by atoms with van der Waals surface area (Å²) < 4.78 is 6.87. The minimum Gasteiger partial charge on any atom is -0.378 e. The Labute approximate surface area is 212 Å². The normalized spacial score (nSPS) is 13.6. The second kappa shape index (κ2) is 10.3. The van der Waals surface area contributed by atoms with Crippen molar-refractivity contribution in [3.8, 4) is 5.82 Å². The van der Waals surface area contributed by atoms with Gasteiger partial charge < -0.3 is 26.0 Å². The number of hydrogen-bond acceptors (Lipinski definition) is 9. The van der Waals surface area contributed by atoms with Crippen molar-refractivity contribution in [2.75, 3.05) is 47.6 Å². The van der Waals surface area contributed by atoms with Crippen molar-refractivity contribution in [2.24, 2.45) is 0 Å². The number of nitrogens with one attached hydrogen (secondary N) is 2. The van der Waals surface area contributed by atoms with Gasteiger partial charge in [-0.2, -0.15) is 9.67 Å². The van der Waals surface area contributed by atoms with Gasteiger partial charge in [0.25, 0.3) is 0 Å². The van der Waals surface area contributed by atoms with Crippen LogP contribution in [0, 0.1) is 0 Å². The van der Waals surface area contributed by atoms with E-state index in [1.54, 1.807) is 18.2 Å². The zero-order chi connectivity index (χ0) is 24.2. The third-order valence-electron chi connectivity index (χ3n) is 5.46. The summed E-state index contributed by atoms with van der Waals surface area (Å²) in [7, 11) is 0. The summed E-state index contributed by atoms with van der Waals surface area (Å²) in [5.74, 6) is 1.65. The molecular weight excluding hydrogens is 489 g/mol. The Hall–Kier alpha value is -3.60. The van der Waals surface area contributed by atoms with Gasteiger partial charge in [0.1, 0.15) is 12.1 Å². The lowest BCUT2D eigenvalue weighted by Crippen LogP contribution is -2.36. The molecule has 0 aliphatic carbocycles. The zero-order valence-corrected chi connectivity index (χ0v) is 20.2. The predicted molar refractivity (Wildman–Crippen MR) is 138 cm³/mol. The fraction of sp³-hybridized carbons (Fsp3) is 0.217. The molecule has 1 saturated heterocycles. The minimum atomic E-state index is 0.201. The van der Waals surface area contributed by atoms with Crippen molar-refractivity contribution in [3.05, 3.63) is 70.5 Å². The highest BCUT2D eigenvalue weighted by atomic mass is 35.5. The number of hydrogen-bond donors (Lipinski definition) is 3. The monoisotopic (exact) mass is 511 g/mol. The van der Waals surface area contributed by atoms with Crippen LogP contribution in [-0.2, 0) is 11.3 Å². The van der Waals surface area contributed by atoms with E-state index in [4.69, 9.17) is 33.7 Å². The van der Waals surface area contributed by atoms with E-state index in [9.17, 15) is 0 Å². The van der Waals surface area contributed by atoms with Gasteiger partial charge in [-0.25, -0.2) is 9.97 Å². The molecule has 4 N–H and O–H groups in total. The molecule has 0 radical (unpaired) electrons. The average molecular weight is 512 g/mol. The van der Waals surface area contributed by atoms with E-state index in [2.05, 4.69) is 47.7 Å². The smallest absolute Gasteiger partial charge is 0.248 e. The van der Waals surface area contributed by atoms with Crippen LogP contribution in [0.25, 0.3) is 5.82 Å². The van der Waals surface area contributed by atoms with Crippen LogP contribution in [0.4, 0.5) is 29.1 Å². The van der Waals surface area contributed by atoms with Gasteiger partial charge in [-0.05, 0) is 42.0 Å². The fourth-order valence-corrected chi connectivity index (χ4v) is 3.97. The summed E-state index contributed by atoms with van der Waals surface area (Å²) in [6.07, 6.45) is 1.44. The summed E-state index contributed by atoms with van der Waals surface area (Å²) in [6, 6.07) is 15.3. The zero-order valence-electron chi connectivity index (χ0n) is 18.7. The highest BCUT2D eigenvalue weighted by Crippen LogP contribution is 2.24. The quantitative estimate of drug-likeness (QED) is 0.336. The standard InChI is InChI=1S/C23H23Cl2N9O/c24-18-6-1-15(11-19(18)25)13-27-20-12-21(29-14-28-20)34-22(26)31-23(32-34)30-16-2-4-17(5-3-16)33-7-9-35-10-8-33/h1-6,11-12,14H,7-10,13H2,(H,27,28,29)(H3,26,30,31,32). The molecule has 0 amide bonds. The van der Waals surface area contributed by atoms with Gasteiger partial charge in [-0.3, -0.25) is 0 Å². The van der Waals surface area contributed by atoms with Gasteiger partial charge in [-0.15, -0.1) is 5.10 Å². The number of anilines is 5. The molecule has 1 aliphatic heterocycles. The number of nitrogens with zero attached hydrogens (tertiary/aromatic N) is 6. The van der Waals surface area contributed by atoms with E-state index >= 15 is 0 Å². The van der Waals surface area contributed by atoms with Crippen LogP contribution in [0.1, 0.15) is 5.56 Å². The first-order chi connectivity index (χ1) is 17.0. The second-order valence-corrected chi connectivity index (χ2v) is 8.65. The van der Waals surface area contributed by atoms with E-state index < -0.39 is 0 Å². The topological polar surface area (TPSA) is 119 Å². The van der Waals surface area contributed by atoms with Crippen molar-refractivity contribution >= 4 is 52.3 Å². The highest BCUT2D eigenvalue weighted by molar-refractivity contribution is 6.42. The lowest BCUT2D eigenvalue weighted by atomic mass is 10.2. The van der Waals surface area contributed by atoms with Gasteiger partial charge in [0, 0.05) is 37.1 Å². The molecule has 10 nitrogen and oxygen atoms in total. The van der Waals surface area contributed by atoms with Crippen molar-refractivity contribution in [1.82, 2.24) is 24.7 Å². The Balaban J connectivity index is 1.26. The van der Waals surface area contributed by atoms with Gasteiger partial charge in [0.15, 0.2) is 5.82 Å². The maximum absolute atomic E-state index is 6.12. The van der Waals surface area contributed by atoms with E-state index in [1.165, 1.54) is 11.0 Å². The van der Waals surface area contributed by atoms with Crippen LogP contribution in [0.5, 0.6) is 0 Å². The van der Waals surface area contributed by atoms with Crippen LogP contribution < -0.4 is 21.3 Å². The van der Waals surface area contributed by atoms with Crippen LogP contribution in [0.3, 0.4) is 0 Å². The highest BCUT2D eigenvalue weighted by Gasteiger charge is 2.13. The second-order valence-electron chi connectivity index (χ2n) is 7.84. The Bertz CT molecular complexity index is 1310. The number of nitrogens with two attached hydrogens (primary N) is 1. The maximum atomic E-state index is 6.12. The minimum absolute atomic E-state index is 0.201. The van der Waals surface area contributed by atoms with E-state index in [-0.39, 0.29) is 5.95 Å². The molecule has 0 unspecified atom stereocenters. The van der Waals surface area contributed by atoms with Crippen molar-refractivity contribution in [1.29, 1.82) is 0 Å². The number of nitrogen functional groups attached to an aromatic ring is 1. The summed E-state index contributed by atoms with van der Waals surface area (Å²) in [6.45, 7) is 3.77. The Kier molecular flexibility index (Phi) is 6.84. The molecule has 0 bridgehead atoms. The third kappa shape index (κ3) is 5.56. The van der Waals surface area contributed by atoms with E-state index in [0.717, 1.165) is 43.2 Å². The molecule has 12 heteroatoms. The molecule has 0 atom stereocenters. The Morgan fingerprint density at radius 2 is 1.77 bits per heavy atom. The molecule has 180 valence electrons. The average Bonchev–Trinajstić information content (AvgIpc) is 3.25. The first kappa shape index (κ1) is 23.2. The maximum Gasteiger partial charge on any atom is 0.248 e. The Morgan fingerprint density at radius 3 is 2.54 bits per heavy atom. The summed E-state index contributed by atoms with van der Waals surface area (Å²) >= 11 is 12.1. The molecule has 0 saturated carbocycles. The van der Waals surface area contributed by atoms with Crippen molar-refractivity contribution in [2.45, 2.75) is 6.54 Å². The fourth-order valence-electron chi connectivity index (χ4n) is 3.65. The van der Waals surface area contributed by atoms with Crippen molar-refractivity contribution < 1.29 is 4.74 Å². The number of halogens is 2. The molecule has 1 aliphatic rings. The van der Waals surface area contributed by atoms with E-state index in [0.29, 0.717) is 34.2 Å². The molecule has 2 aromatic carbocycles. The van der Waals surface area contributed by atoms with Crippen molar-refractivity contribution in [3.63, 3.8) is 0 Å². The SMILES string of the molecule is Nc1nc(Nc2ccc(N3CCOCC3)cc2)nn1-c1cc(NCc2ccc(Cl)c(Cl)c2)ncn1. The predicted octanol–water partition coefficient (Wildman–Crippen LogP) is 4.14. The van der Waals surface area contributed by atoms with Gasteiger partial charge in [0.05, 0.1) is 23.3 Å². The third-order valence-corrected chi connectivity index (χ3v) is 6.20. The summed E-state index contributed by atoms with van der Waals surface area (Å²) in [5, 5.41) is 11.9. The number of benzene rings is 2. The number of morpholine rings is 1. The lowest BCUT2D eigenvalue weighted by molar-refractivity contribution is 0.122. The van der Waals surface area contributed by atoms with Gasteiger partial charge in [0.2, 0.25) is 11.9 Å². The molecule has 5 rings (SSSR count). The van der Waals surface area contributed by atoms with Gasteiger partial charge >= 0.3 is 0 Å². The first-order valence-electron chi connectivity index (χ1n) is 11.0. The molecule has 3 heterocycles.